The molecule has 0 amide bonds. The quantitative estimate of drug-likeness (QED) is 0.704. The summed E-state index contributed by atoms with van der Waals surface area (Å²) in [6.07, 6.45) is 7.51. The maximum absolute atomic E-state index is 11.7. The highest BCUT2D eigenvalue weighted by molar-refractivity contribution is 5.60. The molecule has 4 atom stereocenters. The van der Waals surface area contributed by atoms with Crippen molar-refractivity contribution >= 4 is 6.16 Å². The van der Waals surface area contributed by atoms with E-state index in [4.69, 9.17) is 9.47 Å². The number of ether oxygens (including phenoxy) is 2. The van der Waals surface area contributed by atoms with Crippen LogP contribution in [0.25, 0.3) is 0 Å². The van der Waals surface area contributed by atoms with Gasteiger partial charge < -0.3 is 9.47 Å². The van der Waals surface area contributed by atoms with Gasteiger partial charge in [0.05, 0.1) is 0 Å². The molecular weight excluding hydrogens is 240 g/mol. The fourth-order valence-electron chi connectivity index (χ4n) is 4.93. The molecule has 3 aliphatic rings. The van der Waals surface area contributed by atoms with E-state index in [1.807, 2.05) is 20.8 Å². The zero-order chi connectivity index (χ0) is 13.7. The summed E-state index contributed by atoms with van der Waals surface area (Å²) in [6, 6.07) is 0. The van der Waals surface area contributed by atoms with Crippen LogP contribution in [0.15, 0.2) is 0 Å². The van der Waals surface area contributed by atoms with Crippen LogP contribution in [-0.2, 0) is 9.47 Å². The van der Waals surface area contributed by atoms with E-state index in [0.717, 1.165) is 17.8 Å². The topological polar surface area (TPSA) is 35.5 Å². The second-order valence-corrected chi connectivity index (χ2v) is 7.82. The minimum atomic E-state index is -0.494. The minimum absolute atomic E-state index is 0.294. The molecule has 0 spiro atoms. The molecule has 0 aromatic rings. The average molecular weight is 266 g/mol. The molecule has 0 aromatic carbocycles. The highest BCUT2D eigenvalue weighted by Gasteiger charge is 2.59. The maximum atomic E-state index is 11.7. The number of carbonyl (C=O) groups is 1. The number of carbonyl (C=O) groups excluding carboxylic acids is 1. The fourth-order valence-corrected chi connectivity index (χ4v) is 4.93. The summed E-state index contributed by atoms with van der Waals surface area (Å²) in [5, 5.41) is 0. The first-order valence-corrected chi connectivity index (χ1v) is 7.75. The van der Waals surface area contributed by atoms with Crippen LogP contribution >= 0.6 is 0 Å². The van der Waals surface area contributed by atoms with Crippen LogP contribution < -0.4 is 0 Å². The Balaban J connectivity index is 1.59. The monoisotopic (exact) mass is 266 g/mol. The van der Waals surface area contributed by atoms with Crippen LogP contribution in [0, 0.1) is 23.2 Å². The van der Waals surface area contributed by atoms with E-state index in [1.165, 1.54) is 38.5 Å². The number of rotatable bonds is 2. The fraction of sp³-hybridized carbons (Fsp3) is 0.938. The molecule has 2 bridgehead atoms. The van der Waals surface area contributed by atoms with Gasteiger partial charge in [-0.1, -0.05) is 6.42 Å². The Morgan fingerprint density at radius 3 is 2.79 bits per heavy atom. The zero-order valence-corrected chi connectivity index (χ0v) is 12.4. The van der Waals surface area contributed by atoms with E-state index in [0.29, 0.717) is 12.0 Å². The predicted molar refractivity (Wildman–Crippen MR) is 72.8 cm³/mol. The molecule has 3 rings (SSSR count). The molecule has 108 valence electrons. The van der Waals surface area contributed by atoms with E-state index in [1.54, 1.807) is 0 Å². The van der Waals surface area contributed by atoms with Crippen molar-refractivity contribution in [3.63, 3.8) is 0 Å². The van der Waals surface area contributed by atoms with Crippen molar-refractivity contribution in [3.8, 4) is 0 Å². The Labute approximate surface area is 116 Å². The Morgan fingerprint density at radius 1 is 1.26 bits per heavy atom. The number of hydrogen-bond donors (Lipinski definition) is 0. The van der Waals surface area contributed by atoms with Gasteiger partial charge in [0.15, 0.2) is 0 Å². The van der Waals surface area contributed by atoms with E-state index < -0.39 is 11.8 Å². The summed E-state index contributed by atoms with van der Waals surface area (Å²) in [5.74, 6) is 2.65. The molecule has 0 radical (unpaired) electrons. The van der Waals surface area contributed by atoms with Crippen molar-refractivity contribution in [1.29, 1.82) is 0 Å². The summed E-state index contributed by atoms with van der Waals surface area (Å²) in [6.45, 7) is 6.21. The zero-order valence-electron chi connectivity index (χ0n) is 12.4. The molecule has 0 heterocycles. The standard InChI is InChI=1S/C16H26O3/c1-15(2,3)19-14(17)18-10-16-8-7-11(9-16)12-5-4-6-13(12)16/h11-13H,4-10H2,1-3H3. The van der Waals surface area contributed by atoms with Crippen molar-refractivity contribution in [1.82, 2.24) is 0 Å². The molecule has 3 saturated carbocycles. The molecular formula is C16H26O3. The third kappa shape index (κ3) is 2.36. The molecule has 0 aromatic heterocycles. The lowest BCUT2D eigenvalue weighted by Crippen LogP contribution is -2.34. The highest BCUT2D eigenvalue weighted by atomic mass is 16.7. The smallest absolute Gasteiger partial charge is 0.434 e. The maximum Gasteiger partial charge on any atom is 0.508 e. The lowest BCUT2D eigenvalue weighted by molar-refractivity contribution is -0.0338. The second kappa shape index (κ2) is 4.39. The van der Waals surface area contributed by atoms with E-state index >= 15 is 0 Å². The van der Waals surface area contributed by atoms with Gasteiger partial charge in [-0.3, -0.25) is 0 Å². The van der Waals surface area contributed by atoms with Crippen molar-refractivity contribution in [2.75, 3.05) is 6.61 Å². The number of hydrogen-bond acceptors (Lipinski definition) is 3. The van der Waals surface area contributed by atoms with E-state index in [2.05, 4.69) is 0 Å². The predicted octanol–water partition coefficient (Wildman–Crippen LogP) is 4.15. The number of fused-ring (bicyclic) bond motifs is 5. The highest BCUT2D eigenvalue weighted by Crippen LogP contribution is 2.65. The van der Waals surface area contributed by atoms with Crippen molar-refractivity contribution < 1.29 is 14.3 Å². The summed E-state index contributed by atoms with van der Waals surface area (Å²) >= 11 is 0. The molecule has 3 nitrogen and oxygen atoms in total. The Kier molecular flexibility index (Phi) is 3.06. The largest absolute Gasteiger partial charge is 0.508 e. The van der Waals surface area contributed by atoms with Gasteiger partial charge in [-0.15, -0.1) is 0 Å². The lowest BCUT2D eigenvalue weighted by atomic mass is 9.72. The first-order valence-electron chi connectivity index (χ1n) is 7.75. The van der Waals surface area contributed by atoms with Gasteiger partial charge in [0.2, 0.25) is 0 Å². The third-order valence-electron chi connectivity index (χ3n) is 5.51. The third-order valence-corrected chi connectivity index (χ3v) is 5.51. The Hall–Kier alpha value is -0.730. The molecule has 0 aliphatic heterocycles. The van der Waals surface area contributed by atoms with Gasteiger partial charge >= 0.3 is 6.16 Å². The molecule has 3 fully saturated rings. The Morgan fingerprint density at radius 2 is 2.05 bits per heavy atom. The van der Waals surface area contributed by atoms with Gasteiger partial charge in [0, 0.05) is 5.41 Å². The first kappa shape index (κ1) is 13.3. The lowest BCUT2D eigenvalue weighted by Gasteiger charge is -2.35. The SMILES string of the molecule is CC(C)(C)OC(=O)OCC12CCC(C1)C1CCCC12. The molecule has 19 heavy (non-hydrogen) atoms. The average Bonchev–Trinajstić information content (AvgIpc) is 2.96. The van der Waals surface area contributed by atoms with E-state index in [-0.39, 0.29) is 0 Å². The van der Waals surface area contributed by atoms with Crippen molar-refractivity contribution in [2.24, 2.45) is 23.2 Å². The van der Waals surface area contributed by atoms with Gasteiger partial charge in [0.1, 0.15) is 12.2 Å². The normalized spacial score (nSPS) is 40.3. The first-order chi connectivity index (χ1) is 8.90. The van der Waals surface area contributed by atoms with E-state index in [9.17, 15) is 4.79 Å². The summed E-state index contributed by atoms with van der Waals surface area (Å²) in [7, 11) is 0. The van der Waals surface area contributed by atoms with Crippen LogP contribution in [-0.4, -0.2) is 18.4 Å². The second-order valence-electron chi connectivity index (χ2n) is 7.82. The van der Waals surface area contributed by atoms with Crippen LogP contribution in [0.2, 0.25) is 0 Å². The summed E-state index contributed by atoms with van der Waals surface area (Å²) in [4.78, 5) is 11.7. The van der Waals surface area contributed by atoms with Crippen LogP contribution in [0.5, 0.6) is 0 Å². The van der Waals surface area contributed by atoms with Crippen molar-refractivity contribution in [3.05, 3.63) is 0 Å². The molecule has 0 N–H and O–H groups in total. The van der Waals surface area contributed by atoms with Crippen LogP contribution in [0.3, 0.4) is 0 Å². The Bertz CT molecular complexity index is 371. The summed E-state index contributed by atoms with van der Waals surface area (Å²) < 4.78 is 10.7. The van der Waals surface area contributed by atoms with Crippen LogP contribution in [0.1, 0.15) is 59.3 Å². The molecule has 3 aliphatic carbocycles. The van der Waals surface area contributed by atoms with Crippen molar-refractivity contribution in [2.45, 2.75) is 64.9 Å². The van der Waals surface area contributed by atoms with Crippen LogP contribution in [0.4, 0.5) is 4.79 Å². The summed E-state index contributed by atoms with van der Waals surface area (Å²) in [5.41, 5.74) is -0.165. The van der Waals surface area contributed by atoms with Gasteiger partial charge in [-0.2, -0.15) is 0 Å². The molecule has 4 unspecified atom stereocenters. The van der Waals surface area contributed by atoms with Gasteiger partial charge in [0.25, 0.3) is 0 Å². The van der Waals surface area contributed by atoms with Gasteiger partial charge in [-0.05, 0) is 70.6 Å². The van der Waals surface area contributed by atoms with Gasteiger partial charge in [-0.25, -0.2) is 4.79 Å². The molecule has 0 saturated heterocycles. The minimum Gasteiger partial charge on any atom is -0.434 e. The molecule has 3 heteroatoms.